The number of pyridine rings is 1. The molecule has 184 valence electrons. The van der Waals surface area contributed by atoms with Gasteiger partial charge in [0.15, 0.2) is 0 Å². The molecule has 2 fully saturated rings. The zero-order valence-corrected chi connectivity index (χ0v) is 21.2. The number of hydrogen-bond acceptors (Lipinski definition) is 8. The van der Waals surface area contributed by atoms with E-state index in [-0.39, 0.29) is 0 Å². The van der Waals surface area contributed by atoms with Crippen LogP contribution >= 0.6 is 0 Å². The molecule has 0 amide bonds. The van der Waals surface area contributed by atoms with E-state index in [0.29, 0.717) is 18.0 Å². The number of fused-ring (bicyclic) bond motifs is 2. The average molecular weight is 473 g/mol. The third kappa shape index (κ3) is 5.39. The van der Waals surface area contributed by atoms with E-state index in [0.717, 1.165) is 55.4 Å². The smallest absolute Gasteiger partial charge is 0.227 e. The fourth-order valence-electron chi connectivity index (χ4n) is 5.19. The first kappa shape index (κ1) is 23.5. The van der Waals surface area contributed by atoms with Gasteiger partial charge in [-0.2, -0.15) is 0 Å². The highest BCUT2D eigenvalue weighted by atomic mass is 15.3. The van der Waals surface area contributed by atoms with Crippen LogP contribution in [0.15, 0.2) is 48.8 Å². The summed E-state index contributed by atoms with van der Waals surface area (Å²) in [5.74, 6) is 1.47. The number of benzene rings is 1. The first-order valence-electron chi connectivity index (χ1n) is 12.5. The number of nitrogens with zero attached hydrogens (tertiary/aromatic N) is 6. The number of likely N-dealkylation sites (N-methyl/N-ethyl adjacent to an activating group) is 1. The van der Waals surface area contributed by atoms with Gasteiger partial charge >= 0.3 is 0 Å². The van der Waals surface area contributed by atoms with E-state index in [4.69, 9.17) is 4.98 Å². The van der Waals surface area contributed by atoms with Crippen molar-refractivity contribution in [3.8, 4) is 11.3 Å². The van der Waals surface area contributed by atoms with Crippen LogP contribution in [0.4, 0.5) is 23.1 Å². The second kappa shape index (κ2) is 10.2. The highest BCUT2D eigenvalue weighted by molar-refractivity contribution is 5.66. The highest BCUT2D eigenvalue weighted by Gasteiger charge is 2.41. The minimum absolute atomic E-state index is 0.586. The van der Waals surface area contributed by atoms with E-state index >= 15 is 0 Å². The molecule has 2 aliphatic rings. The second-order valence-corrected chi connectivity index (χ2v) is 10.0. The lowest BCUT2D eigenvalue weighted by Crippen LogP contribution is -2.44. The van der Waals surface area contributed by atoms with Gasteiger partial charge in [0.25, 0.3) is 0 Å². The molecule has 0 spiro atoms. The largest absolute Gasteiger partial charge is 0.370 e. The Hall–Kier alpha value is -3.23. The fourth-order valence-corrected chi connectivity index (χ4v) is 5.19. The van der Waals surface area contributed by atoms with Gasteiger partial charge in [-0.1, -0.05) is 0 Å². The summed E-state index contributed by atoms with van der Waals surface area (Å²) in [6.45, 7) is 6.43. The van der Waals surface area contributed by atoms with Crippen molar-refractivity contribution in [3.63, 3.8) is 0 Å². The van der Waals surface area contributed by atoms with Gasteiger partial charge in [-0.25, -0.2) is 15.0 Å². The molecule has 2 bridgehead atoms. The van der Waals surface area contributed by atoms with Gasteiger partial charge in [-0.15, -0.1) is 0 Å². The molecule has 2 aromatic heterocycles. The van der Waals surface area contributed by atoms with Gasteiger partial charge in [0.05, 0.1) is 5.69 Å². The predicted octanol–water partition coefficient (Wildman–Crippen LogP) is 3.85. The number of aryl methyl sites for hydroxylation is 1. The number of rotatable bonds is 9. The van der Waals surface area contributed by atoms with Crippen LogP contribution in [0, 0.1) is 6.92 Å². The lowest BCUT2D eigenvalue weighted by molar-refractivity contribution is 0.292. The van der Waals surface area contributed by atoms with E-state index in [1.54, 1.807) is 6.20 Å². The summed E-state index contributed by atoms with van der Waals surface area (Å²) in [6, 6.07) is 13.9. The fraction of sp³-hybridized carbons (Fsp3) is 0.444. The standard InChI is InChI=1S/C27H36N8/c1-19-14-21(7-8-25(19)35-18-22-15-23(35)17-34(22)4)31-27-29-12-10-24(32-27)20-6-9-26(30-16-20)28-11-5-13-33(2)3/h6-10,12,14,16,22-23H,5,11,13,15,17-18H2,1-4H3,(H,28,30)(H,29,31,32). The molecule has 8 nitrogen and oxygen atoms in total. The van der Waals surface area contributed by atoms with Crippen LogP contribution in [0.3, 0.4) is 0 Å². The Kier molecular flexibility index (Phi) is 6.83. The van der Waals surface area contributed by atoms with Crippen LogP contribution < -0.4 is 15.5 Å². The Bertz CT molecular complexity index is 1140. The number of likely N-dealkylation sites (tertiary alicyclic amines) is 1. The maximum atomic E-state index is 4.73. The minimum Gasteiger partial charge on any atom is -0.370 e. The molecule has 4 heterocycles. The van der Waals surface area contributed by atoms with Gasteiger partial charge in [0, 0.05) is 61.0 Å². The summed E-state index contributed by atoms with van der Waals surface area (Å²) in [4.78, 5) is 21.0. The third-order valence-electron chi connectivity index (χ3n) is 7.08. The summed E-state index contributed by atoms with van der Waals surface area (Å²) in [7, 11) is 6.42. The van der Waals surface area contributed by atoms with Crippen molar-refractivity contribution in [3.05, 3.63) is 54.4 Å². The van der Waals surface area contributed by atoms with Crippen LogP contribution in [0.5, 0.6) is 0 Å². The number of piperazine rings is 1. The molecule has 2 unspecified atom stereocenters. The van der Waals surface area contributed by atoms with Gasteiger partial charge in [-0.3, -0.25) is 4.90 Å². The molecule has 2 saturated heterocycles. The monoisotopic (exact) mass is 472 g/mol. The van der Waals surface area contributed by atoms with Gasteiger partial charge < -0.3 is 20.4 Å². The number of anilines is 4. The SMILES string of the molecule is Cc1cc(Nc2nccc(-c3ccc(NCCCN(C)C)nc3)n2)ccc1N1CC2CC1CN2C. The lowest BCUT2D eigenvalue weighted by Gasteiger charge is -2.34. The van der Waals surface area contributed by atoms with Crippen molar-refractivity contribution < 1.29 is 0 Å². The maximum absolute atomic E-state index is 4.73. The van der Waals surface area contributed by atoms with E-state index in [1.807, 2.05) is 24.4 Å². The van der Waals surface area contributed by atoms with Crippen molar-refractivity contribution in [2.75, 3.05) is 62.9 Å². The Morgan fingerprint density at radius 1 is 1.06 bits per heavy atom. The number of aromatic nitrogens is 3. The Morgan fingerprint density at radius 2 is 1.94 bits per heavy atom. The van der Waals surface area contributed by atoms with Crippen LogP contribution in [0.25, 0.3) is 11.3 Å². The van der Waals surface area contributed by atoms with E-state index in [9.17, 15) is 0 Å². The van der Waals surface area contributed by atoms with Crippen LogP contribution in [0.1, 0.15) is 18.4 Å². The zero-order chi connectivity index (χ0) is 24.4. The average Bonchev–Trinajstić information content (AvgIpc) is 3.42. The van der Waals surface area contributed by atoms with Crippen LogP contribution in [-0.4, -0.2) is 84.2 Å². The van der Waals surface area contributed by atoms with E-state index in [1.165, 1.54) is 17.7 Å². The summed E-state index contributed by atoms with van der Waals surface area (Å²) in [5.41, 5.74) is 5.43. The molecule has 0 saturated carbocycles. The topological polar surface area (TPSA) is 72.4 Å². The van der Waals surface area contributed by atoms with Crippen molar-refractivity contribution in [2.45, 2.75) is 31.8 Å². The third-order valence-corrected chi connectivity index (χ3v) is 7.08. The lowest BCUT2D eigenvalue weighted by atomic mass is 10.1. The summed E-state index contributed by atoms with van der Waals surface area (Å²) in [6.07, 6.45) is 6.00. The molecule has 2 N–H and O–H groups in total. The molecule has 5 rings (SSSR count). The molecule has 2 aliphatic heterocycles. The first-order chi connectivity index (χ1) is 17.0. The van der Waals surface area contributed by atoms with Crippen LogP contribution in [0.2, 0.25) is 0 Å². The Balaban J connectivity index is 1.22. The molecular formula is C27H36N8. The number of hydrogen-bond donors (Lipinski definition) is 2. The molecular weight excluding hydrogens is 436 g/mol. The minimum atomic E-state index is 0.586. The molecule has 2 atom stereocenters. The zero-order valence-electron chi connectivity index (χ0n) is 21.2. The molecule has 8 heteroatoms. The highest BCUT2D eigenvalue weighted by Crippen LogP contribution is 2.36. The summed E-state index contributed by atoms with van der Waals surface area (Å²) >= 11 is 0. The quantitative estimate of drug-likeness (QED) is 0.455. The number of nitrogens with one attached hydrogen (secondary N) is 2. The molecule has 35 heavy (non-hydrogen) atoms. The van der Waals surface area contributed by atoms with E-state index < -0.39 is 0 Å². The van der Waals surface area contributed by atoms with Gasteiger partial charge in [0.1, 0.15) is 5.82 Å². The summed E-state index contributed by atoms with van der Waals surface area (Å²) in [5, 5.41) is 6.76. The molecule has 3 aromatic rings. The van der Waals surface area contributed by atoms with Crippen molar-refractivity contribution in [2.24, 2.45) is 0 Å². The predicted molar refractivity (Wildman–Crippen MR) is 144 cm³/mol. The van der Waals surface area contributed by atoms with Gasteiger partial charge in [0.2, 0.25) is 5.95 Å². The Labute approximate surface area is 208 Å². The van der Waals surface area contributed by atoms with Crippen LogP contribution in [-0.2, 0) is 0 Å². The molecule has 0 aliphatic carbocycles. The van der Waals surface area contributed by atoms with Crippen molar-refractivity contribution in [1.82, 2.24) is 24.8 Å². The normalized spacial score (nSPS) is 19.5. The van der Waals surface area contributed by atoms with Gasteiger partial charge in [-0.05, 0) is 89.4 Å². The van der Waals surface area contributed by atoms with Crippen molar-refractivity contribution in [1.29, 1.82) is 0 Å². The maximum Gasteiger partial charge on any atom is 0.227 e. The van der Waals surface area contributed by atoms with E-state index in [2.05, 4.69) is 81.6 Å². The Morgan fingerprint density at radius 3 is 2.63 bits per heavy atom. The molecule has 0 radical (unpaired) electrons. The summed E-state index contributed by atoms with van der Waals surface area (Å²) < 4.78 is 0. The molecule has 1 aromatic carbocycles. The second-order valence-electron chi connectivity index (χ2n) is 10.0. The van der Waals surface area contributed by atoms with Crippen molar-refractivity contribution >= 4 is 23.1 Å². The first-order valence-corrected chi connectivity index (χ1v) is 12.5.